The molecule has 0 amide bonds. The molecule has 14 heteroatoms. The first-order valence-electron chi connectivity index (χ1n) is 4.21. The number of rotatable bonds is 5. The Balaban J connectivity index is -0.0000000821. The van der Waals surface area contributed by atoms with Crippen LogP contribution in [0, 0.1) is 0 Å². The Bertz CT molecular complexity index is 219. The molecular formula is C6H14Na3O10P. The smallest absolute Gasteiger partial charge is 0.822 e. The normalized spacial score (nSPS) is 15.8. The van der Waals surface area contributed by atoms with Gasteiger partial charge in [-0.05, 0) is 0 Å². The molecule has 0 saturated carbocycles. The van der Waals surface area contributed by atoms with Crippen LogP contribution < -0.4 is 103 Å². The van der Waals surface area contributed by atoms with Crippen molar-refractivity contribution in [2.24, 2.45) is 0 Å². The van der Waals surface area contributed by atoms with Gasteiger partial charge in [0, 0.05) is 0 Å². The quantitative estimate of drug-likeness (QED) is 0.204. The summed E-state index contributed by atoms with van der Waals surface area (Å²) >= 11 is 0. The van der Waals surface area contributed by atoms with E-state index >= 15 is 0 Å². The van der Waals surface area contributed by atoms with Crippen LogP contribution in [-0.2, 0) is 4.57 Å². The third-order valence-corrected chi connectivity index (χ3v) is 1.51. The number of aliphatic hydroxyl groups is 6. The molecular weight excluding hydrogens is 332 g/mol. The second kappa shape index (κ2) is 18.2. The Morgan fingerprint density at radius 2 is 0.900 bits per heavy atom. The molecule has 0 fully saturated rings. The van der Waals surface area contributed by atoms with Crippen molar-refractivity contribution >= 4 is 7.82 Å². The fraction of sp³-hybridized carbons (Fsp3) is 1.00. The fourth-order valence-corrected chi connectivity index (χ4v) is 0.671. The molecule has 0 aliphatic heterocycles. The van der Waals surface area contributed by atoms with Crippen LogP contribution in [0.2, 0.25) is 0 Å². The fourth-order valence-electron chi connectivity index (χ4n) is 0.671. The molecule has 6 N–H and O–H groups in total. The van der Waals surface area contributed by atoms with E-state index in [0.29, 0.717) is 0 Å². The molecule has 0 rings (SSSR count). The predicted octanol–water partition coefficient (Wildman–Crippen LogP) is -15.4. The zero-order valence-electron chi connectivity index (χ0n) is 11.5. The molecule has 0 aromatic carbocycles. The van der Waals surface area contributed by atoms with Crippen LogP contribution in [0.3, 0.4) is 0 Å². The molecule has 0 bridgehead atoms. The van der Waals surface area contributed by atoms with E-state index in [1.54, 1.807) is 0 Å². The van der Waals surface area contributed by atoms with Crippen molar-refractivity contribution in [2.75, 3.05) is 13.2 Å². The van der Waals surface area contributed by atoms with Gasteiger partial charge in [0.2, 0.25) is 0 Å². The largest absolute Gasteiger partial charge is 1.00 e. The van der Waals surface area contributed by atoms with Crippen molar-refractivity contribution in [1.29, 1.82) is 0 Å². The number of hydrogen-bond acceptors (Lipinski definition) is 10. The van der Waals surface area contributed by atoms with Crippen LogP contribution in [-0.4, -0.2) is 68.3 Å². The summed E-state index contributed by atoms with van der Waals surface area (Å²) in [6.07, 6.45) is -6.39. The zero-order chi connectivity index (χ0) is 14.2. The van der Waals surface area contributed by atoms with Gasteiger partial charge >= 0.3 is 88.7 Å². The summed E-state index contributed by atoms with van der Waals surface area (Å²) in [5, 5.41) is 52.2. The standard InChI is InChI=1S/C6H14O6.3Na.H3O4P/c7-1-3(9)5(11)6(12)4(10)2-8;;;;1-5(2,3)4/h3-12H,1-2H2;;;;(H3,1,2,3,4)/q;3*+1;/p-3. The van der Waals surface area contributed by atoms with Gasteiger partial charge in [-0.25, -0.2) is 0 Å². The first kappa shape index (κ1) is 34.3. The van der Waals surface area contributed by atoms with Crippen molar-refractivity contribution in [3.63, 3.8) is 0 Å². The van der Waals surface area contributed by atoms with E-state index in [1.165, 1.54) is 0 Å². The maximum absolute atomic E-state index is 8.96. The van der Waals surface area contributed by atoms with E-state index in [0.717, 1.165) is 0 Å². The van der Waals surface area contributed by atoms with Crippen LogP contribution in [0.15, 0.2) is 0 Å². The number of hydrogen-bond donors (Lipinski definition) is 6. The van der Waals surface area contributed by atoms with E-state index in [4.69, 9.17) is 49.9 Å². The van der Waals surface area contributed by atoms with Crippen molar-refractivity contribution in [2.45, 2.75) is 24.4 Å². The Morgan fingerprint density at radius 1 is 0.750 bits per heavy atom. The average Bonchev–Trinajstić information content (AvgIpc) is 2.22. The van der Waals surface area contributed by atoms with Gasteiger partial charge in [0.25, 0.3) is 0 Å². The summed E-state index contributed by atoms with van der Waals surface area (Å²) in [5.74, 6) is 0. The first-order valence-corrected chi connectivity index (χ1v) is 5.67. The minimum atomic E-state index is -5.39. The third-order valence-electron chi connectivity index (χ3n) is 1.51. The summed E-state index contributed by atoms with van der Waals surface area (Å²) < 4.78 is 8.55. The van der Waals surface area contributed by atoms with Gasteiger partial charge in [-0.15, -0.1) is 0 Å². The zero-order valence-corrected chi connectivity index (χ0v) is 18.4. The molecule has 0 spiro atoms. The summed E-state index contributed by atoms with van der Waals surface area (Å²) in [5.41, 5.74) is 0. The summed E-state index contributed by atoms with van der Waals surface area (Å²) in [7, 11) is -5.39. The molecule has 0 saturated heterocycles. The van der Waals surface area contributed by atoms with Gasteiger partial charge < -0.3 is 49.9 Å². The van der Waals surface area contributed by atoms with Crippen LogP contribution in [0.25, 0.3) is 0 Å². The molecule has 0 aromatic rings. The SMILES string of the molecule is O=P([O-])([O-])[O-].OCC(O)C(O)C(O)C(O)CO.[Na+].[Na+].[Na+]. The van der Waals surface area contributed by atoms with Crippen molar-refractivity contribution < 1.29 is 139 Å². The molecule has 4 unspecified atom stereocenters. The maximum Gasteiger partial charge on any atom is 1.00 e. The van der Waals surface area contributed by atoms with Crippen LogP contribution >= 0.6 is 7.82 Å². The van der Waals surface area contributed by atoms with Crippen molar-refractivity contribution in [1.82, 2.24) is 0 Å². The molecule has 0 radical (unpaired) electrons. The van der Waals surface area contributed by atoms with E-state index < -0.39 is 45.5 Å². The van der Waals surface area contributed by atoms with Gasteiger partial charge in [0.05, 0.1) is 13.2 Å². The van der Waals surface area contributed by atoms with E-state index in [-0.39, 0.29) is 88.7 Å². The van der Waals surface area contributed by atoms with E-state index in [9.17, 15) is 0 Å². The molecule has 0 aliphatic rings. The molecule has 0 aliphatic carbocycles. The monoisotopic (exact) mass is 346 g/mol. The number of aliphatic hydroxyl groups excluding tert-OH is 6. The molecule has 4 atom stereocenters. The predicted molar refractivity (Wildman–Crippen MR) is 45.8 cm³/mol. The van der Waals surface area contributed by atoms with Crippen LogP contribution in [0.4, 0.5) is 0 Å². The summed E-state index contributed by atoms with van der Waals surface area (Å²) in [6.45, 7) is -1.45. The van der Waals surface area contributed by atoms with Gasteiger partial charge in [-0.1, -0.05) is 0 Å². The Labute approximate surface area is 182 Å². The van der Waals surface area contributed by atoms with Crippen LogP contribution in [0.1, 0.15) is 0 Å². The molecule has 0 heterocycles. The third kappa shape index (κ3) is 23.1. The van der Waals surface area contributed by atoms with E-state index in [1.807, 2.05) is 0 Å². The van der Waals surface area contributed by atoms with Crippen molar-refractivity contribution in [3.8, 4) is 0 Å². The summed E-state index contributed by atoms with van der Waals surface area (Å²) in [4.78, 5) is 25.6. The first-order chi connectivity index (χ1) is 7.54. The van der Waals surface area contributed by atoms with Gasteiger partial charge in [-0.3, -0.25) is 0 Å². The maximum atomic E-state index is 8.96. The topological polar surface area (TPSA) is 208 Å². The van der Waals surface area contributed by atoms with Gasteiger partial charge in [-0.2, -0.15) is 7.82 Å². The molecule has 10 nitrogen and oxygen atoms in total. The minimum absolute atomic E-state index is 0. The minimum Gasteiger partial charge on any atom is -0.822 e. The molecule has 106 valence electrons. The molecule has 20 heavy (non-hydrogen) atoms. The van der Waals surface area contributed by atoms with Gasteiger partial charge in [0.15, 0.2) is 0 Å². The Kier molecular flexibility index (Phi) is 31.2. The summed E-state index contributed by atoms with van der Waals surface area (Å²) in [6, 6.07) is 0. The Hall–Kier alpha value is 2.87. The van der Waals surface area contributed by atoms with E-state index in [2.05, 4.69) is 0 Å². The second-order valence-corrected chi connectivity index (χ2v) is 3.82. The molecule has 0 aromatic heterocycles. The second-order valence-electron chi connectivity index (χ2n) is 2.93. The number of phosphoric acid groups is 1. The Morgan fingerprint density at radius 3 is 1.00 bits per heavy atom. The average molecular weight is 346 g/mol. The van der Waals surface area contributed by atoms with Crippen molar-refractivity contribution in [3.05, 3.63) is 0 Å². The van der Waals surface area contributed by atoms with Crippen LogP contribution in [0.5, 0.6) is 0 Å². The van der Waals surface area contributed by atoms with Gasteiger partial charge in [0.1, 0.15) is 24.4 Å².